The minimum absolute atomic E-state index is 0.966. The van der Waals surface area contributed by atoms with E-state index in [1.807, 2.05) is 0 Å². The Balaban J connectivity index is 2.05. The molecule has 0 heterocycles. The fourth-order valence-corrected chi connectivity index (χ4v) is 2.53. The molecule has 0 saturated carbocycles. The van der Waals surface area contributed by atoms with E-state index in [-0.39, 0.29) is 0 Å². The van der Waals surface area contributed by atoms with Gasteiger partial charge in [-0.15, -0.1) is 0 Å². The fourth-order valence-electron chi connectivity index (χ4n) is 1.56. The van der Waals surface area contributed by atoms with Crippen LogP contribution in [0.2, 0.25) is 0 Å². The maximum Gasteiger partial charge on any atom is 0.0220 e. The molecule has 1 nitrogen and oxygen atoms in total. The zero-order valence-electron chi connectivity index (χ0n) is 9.52. The van der Waals surface area contributed by atoms with E-state index in [1.54, 1.807) is 0 Å². The van der Waals surface area contributed by atoms with Crippen molar-refractivity contribution in [3.8, 4) is 0 Å². The normalized spacial score (nSPS) is 10.6. The van der Waals surface area contributed by atoms with Crippen molar-refractivity contribution in [1.82, 2.24) is 5.32 Å². The van der Waals surface area contributed by atoms with Crippen molar-refractivity contribution >= 4 is 38.5 Å². The molecule has 3 heteroatoms. The Morgan fingerprint density at radius 1 is 1.06 bits per heavy atom. The lowest BCUT2D eigenvalue weighted by atomic mass is 10.2. The third-order valence-electron chi connectivity index (χ3n) is 2.51. The summed E-state index contributed by atoms with van der Waals surface area (Å²) in [6.07, 6.45) is 5.39. The Hall–Kier alpha value is 0.390. The van der Waals surface area contributed by atoms with Crippen LogP contribution in [-0.4, -0.2) is 11.0 Å². The van der Waals surface area contributed by atoms with Crippen LogP contribution in [0.5, 0.6) is 0 Å². The van der Waals surface area contributed by atoms with E-state index in [2.05, 4.69) is 68.1 Å². The van der Waals surface area contributed by atoms with Crippen LogP contribution in [-0.2, 0) is 6.54 Å². The second kappa shape index (κ2) is 9.42. The molecular formula is C13H19BrIN. The number of nitrogens with one attached hydrogen (secondary N) is 1. The zero-order chi connectivity index (χ0) is 11.6. The number of unbranched alkanes of at least 4 members (excludes halogenated alkanes) is 3. The molecule has 1 aromatic carbocycles. The number of alkyl halides is 1. The Morgan fingerprint density at radius 3 is 2.56 bits per heavy atom. The molecule has 90 valence electrons. The van der Waals surface area contributed by atoms with Gasteiger partial charge in [0.15, 0.2) is 0 Å². The largest absolute Gasteiger partial charge is 0.313 e. The molecule has 1 rings (SSSR count). The van der Waals surface area contributed by atoms with Crippen LogP contribution in [0.15, 0.2) is 28.7 Å². The molecular weight excluding hydrogens is 377 g/mol. The standard InChI is InChI=1S/C13H19BrIN/c14-13-8-4-3-7-12(13)11-16-10-6-2-1-5-9-15/h3-4,7-8,16H,1-2,5-6,9-11H2. The first-order valence-electron chi connectivity index (χ1n) is 5.84. The first-order chi connectivity index (χ1) is 7.84. The molecule has 0 bridgehead atoms. The molecule has 0 saturated heterocycles. The summed E-state index contributed by atoms with van der Waals surface area (Å²) in [5.74, 6) is 0. The quantitative estimate of drug-likeness (QED) is 0.387. The average molecular weight is 396 g/mol. The van der Waals surface area contributed by atoms with Gasteiger partial charge in [-0.2, -0.15) is 0 Å². The van der Waals surface area contributed by atoms with E-state index in [0.29, 0.717) is 0 Å². The van der Waals surface area contributed by atoms with Crippen molar-refractivity contribution in [1.29, 1.82) is 0 Å². The third kappa shape index (κ3) is 6.21. The lowest BCUT2D eigenvalue weighted by Crippen LogP contribution is -2.14. The van der Waals surface area contributed by atoms with Gasteiger partial charge in [0.05, 0.1) is 0 Å². The smallest absolute Gasteiger partial charge is 0.0220 e. The molecule has 0 amide bonds. The molecule has 0 spiro atoms. The van der Waals surface area contributed by atoms with Crippen LogP contribution in [0.25, 0.3) is 0 Å². The summed E-state index contributed by atoms with van der Waals surface area (Å²) in [7, 11) is 0. The van der Waals surface area contributed by atoms with Crippen LogP contribution in [0.4, 0.5) is 0 Å². The topological polar surface area (TPSA) is 12.0 Å². The summed E-state index contributed by atoms with van der Waals surface area (Å²) in [4.78, 5) is 0. The summed E-state index contributed by atoms with van der Waals surface area (Å²) in [5.41, 5.74) is 1.34. The predicted octanol–water partition coefficient (Wildman–Crippen LogP) is 4.53. The van der Waals surface area contributed by atoms with Gasteiger partial charge in [-0.05, 0) is 35.4 Å². The Morgan fingerprint density at radius 2 is 1.81 bits per heavy atom. The molecule has 0 unspecified atom stereocenters. The Labute approximate surface area is 121 Å². The number of halogens is 2. The molecule has 1 aromatic rings. The van der Waals surface area contributed by atoms with Crippen molar-refractivity contribution in [2.45, 2.75) is 32.2 Å². The summed E-state index contributed by atoms with van der Waals surface area (Å²) in [5, 5.41) is 3.49. The van der Waals surface area contributed by atoms with E-state index < -0.39 is 0 Å². The van der Waals surface area contributed by atoms with Gasteiger partial charge in [-0.1, -0.05) is 69.6 Å². The van der Waals surface area contributed by atoms with Gasteiger partial charge in [0.2, 0.25) is 0 Å². The van der Waals surface area contributed by atoms with E-state index in [1.165, 1.54) is 40.1 Å². The van der Waals surface area contributed by atoms with E-state index in [9.17, 15) is 0 Å². The van der Waals surface area contributed by atoms with Crippen LogP contribution in [0.1, 0.15) is 31.2 Å². The number of hydrogen-bond donors (Lipinski definition) is 1. The molecule has 0 radical (unpaired) electrons. The molecule has 0 fully saturated rings. The van der Waals surface area contributed by atoms with Gasteiger partial charge in [0, 0.05) is 11.0 Å². The van der Waals surface area contributed by atoms with Crippen molar-refractivity contribution < 1.29 is 0 Å². The second-order valence-corrected chi connectivity index (χ2v) is 5.80. The highest BCUT2D eigenvalue weighted by Crippen LogP contribution is 2.15. The number of hydrogen-bond acceptors (Lipinski definition) is 1. The minimum atomic E-state index is 0.966. The highest BCUT2D eigenvalue weighted by atomic mass is 127. The molecule has 1 N–H and O–H groups in total. The van der Waals surface area contributed by atoms with Gasteiger partial charge < -0.3 is 5.32 Å². The van der Waals surface area contributed by atoms with Gasteiger partial charge in [0.1, 0.15) is 0 Å². The van der Waals surface area contributed by atoms with E-state index >= 15 is 0 Å². The lowest BCUT2D eigenvalue weighted by Gasteiger charge is -2.06. The summed E-state index contributed by atoms with van der Waals surface area (Å²) in [6.45, 7) is 2.09. The van der Waals surface area contributed by atoms with Crippen LogP contribution >= 0.6 is 38.5 Å². The maximum absolute atomic E-state index is 3.56. The monoisotopic (exact) mass is 395 g/mol. The van der Waals surface area contributed by atoms with Crippen LogP contribution < -0.4 is 5.32 Å². The first-order valence-corrected chi connectivity index (χ1v) is 8.16. The number of benzene rings is 1. The van der Waals surface area contributed by atoms with Crippen LogP contribution in [0.3, 0.4) is 0 Å². The highest BCUT2D eigenvalue weighted by molar-refractivity contribution is 14.1. The molecule has 0 aliphatic heterocycles. The molecule has 0 aliphatic rings. The number of rotatable bonds is 8. The van der Waals surface area contributed by atoms with Gasteiger partial charge in [-0.3, -0.25) is 0 Å². The van der Waals surface area contributed by atoms with Gasteiger partial charge in [-0.25, -0.2) is 0 Å². The van der Waals surface area contributed by atoms with Gasteiger partial charge in [0.25, 0.3) is 0 Å². The second-order valence-electron chi connectivity index (χ2n) is 3.87. The van der Waals surface area contributed by atoms with Crippen molar-refractivity contribution in [2.24, 2.45) is 0 Å². The highest BCUT2D eigenvalue weighted by Gasteiger charge is 1.96. The summed E-state index contributed by atoms with van der Waals surface area (Å²) in [6, 6.07) is 8.39. The molecule has 16 heavy (non-hydrogen) atoms. The minimum Gasteiger partial charge on any atom is -0.313 e. The third-order valence-corrected chi connectivity index (χ3v) is 4.05. The van der Waals surface area contributed by atoms with E-state index in [0.717, 1.165) is 13.1 Å². The maximum atomic E-state index is 3.56. The SMILES string of the molecule is Brc1ccccc1CNCCCCCCI. The first kappa shape index (κ1) is 14.5. The average Bonchev–Trinajstić information content (AvgIpc) is 2.30. The Kier molecular flexibility index (Phi) is 8.51. The van der Waals surface area contributed by atoms with Crippen molar-refractivity contribution in [3.63, 3.8) is 0 Å². The van der Waals surface area contributed by atoms with Crippen molar-refractivity contribution in [2.75, 3.05) is 11.0 Å². The zero-order valence-corrected chi connectivity index (χ0v) is 13.3. The lowest BCUT2D eigenvalue weighted by molar-refractivity contribution is 0.600. The molecule has 0 atom stereocenters. The molecule has 0 aromatic heterocycles. The van der Waals surface area contributed by atoms with Gasteiger partial charge >= 0.3 is 0 Å². The van der Waals surface area contributed by atoms with E-state index in [4.69, 9.17) is 0 Å². The predicted molar refractivity (Wildman–Crippen MR) is 83.2 cm³/mol. The Bertz CT molecular complexity index is 291. The van der Waals surface area contributed by atoms with Crippen molar-refractivity contribution in [3.05, 3.63) is 34.3 Å². The summed E-state index contributed by atoms with van der Waals surface area (Å²) < 4.78 is 2.50. The molecule has 0 aliphatic carbocycles. The fraction of sp³-hybridized carbons (Fsp3) is 0.538. The summed E-state index contributed by atoms with van der Waals surface area (Å²) >= 11 is 6.01. The van der Waals surface area contributed by atoms with Crippen LogP contribution in [0, 0.1) is 0 Å².